The molecular weight excluding hydrogens is 163 g/mol. The predicted octanol–water partition coefficient (Wildman–Crippen LogP) is 1.01. The Kier molecular flexibility index (Phi) is 3.53. The standard InChI is InChI=1S/C3H2I/c1-2-3-4/h3H2. The average Bonchev–Trinajstić information content (AvgIpc) is 1.37. The van der Waals surface area contributed by atoms with Gasteiger partial charge in [0.25, 0.3) is 0 Å². The van der Waals surface area contributed by atoms with Crippen molar-refractivity contribution in [3.8, 4) is 5.92 Å². The molecule has 0 saturated carbocycles. The number of alkyl halides is 1. The topological polar surface area (TPSA) is 0 Å². The molecule has 0 aromatic carbocycles. The van der Waals surface area contributed by atoms with Gasteiger partial charge in [0.2, 0.25) is 0 Å². The maximum atomic E-state index is 6.19. The van der Waals surface area contributed by atoms with Crippen molar-refractivity contribution in [2.75, 3.05) is 4.43 Å². The Morgan fingerprint density at radius 2 is 2.25 bits per heavy atom. The van der Waals surface area contributed by atoms with Gasteiger partial charge in [-0.2, -0.15) is 0 Å². The summed E-state index contributed by atoms with van der Waals surface area (Å²) >= 11 is 2.05. The van der Waals surface area contributed by atoms with Gasteiger partial charge in [-0.25, -0.2) is 0 Å². The predicted molar refractivity (Wildman–Crippen MR) is 26.0 cm³/mol. The van der Waals surface area contributed by atoms with Crippen LogP contribution in [0, 0.1) is 12.3 Å². The molecule has 1 heteroatoms. The first-order valence-electron chi connectivity index (χ1n) is 0.871. The monoisotopic (exact) mass is 165 g/mol. The van der Waals surface area contributed by atoms with Gasteiger partial charge in [0.1, 0.15) is 0 Å². The van der Waals surface area contributed by atoms with Crippen LogP contribution in [0.25, 0.3) is 0 Å². The molecule has 1 radical (unpaired) electrons. The minimum atomic E-state index is 0.706. The molecule has 0 rings (SSSR count). The Morgan fingerprint density at radius 1 is 2.00 bits per heavy atom. The fourth-order valence-electron chi connectivity index (χ4n) is 0. The summed E-state index contributed by atoms with van der Waals surface area (Å²) in [6, 6.07) is 0. The van der Waals surface area contributed by atoms with Crippen molar-refractivity contribution in [1.29, 1.82) is 0 Å². The number of halogens is 1. The van der Waals surface area contributed by atoms with Crippen LogP contribution in [-0.2, 0) is 0 Å². The minimum Gasteiger partial charge on any atom is -0.0784 e. The fraction of sp³-hybridized carbons (Fsp3) is 0.333. The van der Waals surface area contributed by atoms with Crippen molar-refractivity contribution < 1.29 is 0 Å². The quantitative estimate of drug-likeness (QED) is 0.285. The van der Waals surface area contributed by atoms with E-state index in [2.05, 4.69) is 28.5 Å². The molecule has 0 aliphatic carbocycles. The van der Waals surface area contributed by atoms with Crippen molar-refractivity contribution in [2.24, 2.45) is 0 Å². The van der Waals surface area contributed by atoms with Crippen LogP contribution < -0.4 is 0 Å². The van der Waals surface area contributed by atoms with Crippen molar-refractivity contribution in [2.45, 2.75) is 0 Å². The number of rotatable bonds is 0. The van der Waals surface area contributed by atoms with E-state index in [1.54, 1.807) is 0 Å². The summed E-state index contributed by atoms with van der Waals surface area (Å²) in [6.45, 7) is 0. The van der Waals surface area contributed by atoms with E-state index in [4.69, 9.17) is 6.42 Å². The van der Waals surface area contributed by atoms with Gasteiger partial charge in [0, 0.05) is 0 Å². The Morgan fingerprint density at radius 3 is 2.25 bits per heavy atom. The summed E-state index contributed by atoms with van der Waals surface area (Å²) in [7, 11) is 0. The first kappa shape index (κ1) is 4.29. The zero-order chi connectivity index (χ0) is 3.41. The molecule has 0 bridgehead atoms. The van der Waals surface area contributed by atoms with Crippen LogP contribution in [-0.4, -0.2) is 4.43 Å². The molecule has 0 spiro atoms. The zero-order valence-corrected chi connectivity index (χ0v) is 4.24. The molecule has 0 heterocycles. The summed E-state index contributed by atoms with van der Waals surface area (Å²) in [4.78, 5) is 0. The van der Waals surface area contributed by atoms with E-state index in [1.807, 2.05) is 0 Å². The van der Waals surface area contributed by atoms with Crippen molar-refractivity contribution >= 4 is 22.6 Å². The highest BCUT2D eigenvalue weighted by Crippen LogP contribution is 1.70. The number of hydrogen-bond donors (Lipinski definition) is 0. The van der Waals surface area contributed by atoms with E-state index in [0.717, 1.165) is 0 Å². The molecule has 21 valence electrons. The van der Waals surface area contributed by atoms with E-state index in [9.17, 15) is 0 Å². The van der Waals surface area contributed by atoms with Crippen LogP contribution in [0.15, 0.2) is 0 Å². The second-order valence-electron chi connectivity index (χ2n) is 0.310. The molecule has 0 aliphatic rings. The molecule has 0 saturated heterocycles. The summed E-state index contributed by atoms with van der Waals surface area (Å²) in [6.07, 6.45) is 6.19. The van der Waals surface area contributed by atoms with Gasteiger partial charge < -0.3 is 0 Å². The van der Waals surface area contributed by atoms with E-state index in [1.165, 1.54) is 0 Å². The van der Waals surface area contributed by atoms with Gasteiger partial charge in [-0.15, -0.1) is 0 Å². The first-order valence-corrected chi connectivity index (χ1v) is 2.40. The maximum Gasteiger partial charge on any atom is 0.0619 e. The maximum absolute atomic E-state index is 6.19. The van der Waals surface area contributed by atoms with Crippen LogP contribution in [0.1, 0.15) is 0 Å². The normalized spacial score (nSPS) is 5.00. The van der Waals surface area contributed by atoms with Crippen LogP contribution in [0.5, 0.6) is 0 Å². The van der Waals surface area contributed by atoms with Gasteiger partial charge in [0.05, 0.1) is 4.43 Å². The first-order chi connectivity index (χ1) is 1.91. The van der Waals surface area contributed by atoms with E-state index >= 15 is 0 Å². The lowest BCUT2D eigenvalue weighted by molar-refractivity contribution is 2.04. The summed E-state index contributed by atoms with van der Waals surface area (Å²) < 4.78 is 0.706. The lowest BCUT2D eigenvalue weighted by Crippen LogP contribution is -1.45. The lowest BCUT2D eigenvalue weighted by Gasteiger charge is -1.49. The van der Waals surface area contributed by atoms with Crippen LogP contribution in [0.2, 0.25) is 0 Å². The molecule has 0 fully saturated rings. The summed E-state index contributed by atoms with van der Waals surface area (Å²) in [5.41, 5.74) is 0. The molecule has 4 heavy (non-hydrogen) atoms. The molecule has 0 aromatic heterocycles. The smallest absolute Gasteiger partial charge is 0.0619 e. The Balaban J connectivity index is 2.43. The molecule has 0 amide bonds. The van der Waals surface area contributed by atoms with Gasteiger partial charge >= 0.3 is 0 Å². The lowest BCUT2D eigenvalue weighted by atomic mass is 10.9. The highest BCUT2D eigenvalue weighted by Gasteiger charge is 1.47. The largest absolute Gasteiger partial charge is 0.0784 e. The molecule has 0 unspecified atom stereocenters. The third-order valence-electron chi connectivity index (χ3n) is 0.0668. The van der Waals surface area contributed by atoms with Crippen LogP contribution in [0.4, 0.5) is 0 Å². The van der Waals surface area contributed by atoms with Crippen LogP contribution >= 0.6 is 22.6 Å². The van der Waals surface area contributed by atoms with E-state index < -0.39 is 0 Å². The molecule has 0 N–H and O–H groups in total. The fourth-order valence-corrected chi connectivity index (χ4v) is 0. The summed E-state index contributed by atoms with van der Waals surface area (Å²) in [5.74, 6) is 2.17. The second-order valence-corrected chi connectivity index (χ2v) is 1.07. The number of hydrogen-bond acceptors (Lipinski definition) is 0. The molecule has 0 nitrogen and oxygen atoms in total. The van der Waals surface area contributed by atoms with Crippen LogP contribution in [0.3, 0.4) is 0 Å². The van der Waals surface area contributed by atoms with Gasteiger partial charge in [-0.1, -0.05) is 28.5 Å². The third kappa shape index (κ3) is 2.29. The average molecular weight is 165 g/mol. The third-order valence-corrected chi connectivity index (χ3v) is 0.448. The van der Waals surface area contributed by atoms with Gasteiger partial charge in [-0.05, 0) is 6.42 Å². The van der Waals surface area contributed by atoms with Crippen molar-refractivity contribution in [3.63, 3.8) is 0 Å². The SMILES string of the molecule is [C]#CCI. The Labute approximate surface area is 39.7 Å². The van der Waals surface area contributed by atoms with E-state index in [0.29, 0.717) is 4.43 Å². The van der Waals surface area contributed by atoms with Gasteiger partial charge in [-0.3, -0.25) is 0 Å². The van der Waals surface area contributed by atoms with Crippen molar-refractivity contribution in [1.82, 2.24) is 0 Å². The zero-order valence-electron chi connectivity index (χ0n) is 2.09. The Bertz CT molecular complexity index is 33.0. The highest BCUT2D eigenvalue weighted by molar-refractivity contribution is 14.1. The minimum absolute atomic E-state index is 0.706. The van der Waals surface area contributed by atoms with Crippen molar-refractivity contribution in [3.05, 3.63) is 6.42 Å². The molecule has 0 atom stereocenters. The summed E-state index contributed by atoms with van der Waals surface area (Å²) in [5, 5.41) is 0. The highest BCUT2D eigenvalue weighted by atomic mass is 127. The molecule has 0 aromatic rings. The van der Waals surface area contributed by atoms with Gasteiger partial charge in [0.15, 0.2) is 0 Å². The van der Waals surface area contributed by atoms with E-state index in [-0.39, 0.29) is 0 Å². The molecular formula is C3H2I. The second kappa shape index (κ2) is 3.29. The molecule has 0 aliphatic heterocycles. The Hall–Kier alpha value is 0.290.